The fraction of sp³-hybridized carbons (Fsp3) is 0.158. The van der Waals surface area contributed by atoms with Gasteiger partial charge in [0, 0.05) is 5.02 Å². The smallest absolute Gasteiger partial charge is 0.435 e. The number of carbonyl (C=O) groups is 1. The van der Waals surface area contributed by atoms with E-state index in [1.165, 1.54) is 56.7 Å². The summed E-state index contributed by atoms with van der Waals surface area (Å²) in [4.78, 5) is 12.7. The second-order valence-corrected chi connectivity index (χ2v) is 6.15. The number of anilines is 1. The third kappa shape index (κ3) is 3.82. The molecule has 146 valence electrons. The number of hydrazone groups is 1. The van der Waals surface area contributed by atoms with Crippen molar-refractivity contribution in [2.24, 2.45) is 5.10 Å². The zero-order valence-corrected chi connectivity index (χ0v) is 15.5. The number of carbonyl (C=O) groups excluding carboxylic acids is 1. The van der Waals surface area contributed by atoms with Gasteiger partial charge in [-0.15, -0.1) is 0 Å². The molecule has 2 aromatic rings. The van der Waals surface area contributed by atoms with Crippen LogP contribution in [0.5, 0.6) is 11.5 Å². The number of hydrogen-bond acceptors (Lipinski definition) is 4. The van der Waals surface area contributed by atoms with Crippen LogP contribution in [0.1, 0.15) is 5.56 Å². The van der Waals surface area contributed by atoms with Gasteiger partial charge in [0.25, 0.3) is 5.91 Å². The SMILES string of the molecule is COc1ccc(/C=C2\C(=O)N(c3ccc(Cl)cc3)N=C2C(F)(F)F)cc1OC. The molecule has 0 saturated carbocycles. The van der Waals surface area contributed by atoms with Crippen molar-refractivity contribution in [3.05, 3.63) is 58.6 Å². The quantitative estimate of drug-likeness (QED) is 0.686. The number of halogens is 4. The Morgan fingerprint density at radius 2 is 1.68 bits per heavy atom. The van der Waals surface area contributed by atoms with E-state index in [0.29, 0.717) is 27.1 Å². The van der Waals surface area contributed by atoms with Crippen molar-refractivity contribution in [1.29, 1.82) is 0 Å². The molecular formula is C19H14ClF3N2O3. The summed E-state index contributed by atoms with van der Waals surface area (Å²) < 4.78 is 50.7. The van der Waals surface area contributed by atoms with Crippen LogP contribution in [0.3, 0.4) is 0 Å². The average molecular weight is 411 g/mol. The minimum Gasteiger partial charge on any atom is -0.493 e. The first-order chi connectivity index (χ1) is 13.2. The molecule has 28 heavy (non-hydrogen) atoms. The van der Waals surface area contributed by atoms with Gasteiger partial charge < -0.3 is 9.47 Å². The van der Waals surface area contributed by atoms with Crippen molar-refractivity contribution in [1.82, 2.24) is 0 Å². The van der Waals surface area contributed by atoms with Crippen LogP contribution >= 0.6 is 11.6 Å². The first kappa shape index (κ1) is 19.8. The van der Waals surface area contributed by atoms with Gasteiger partial charge in [-0.2, -0.15) is 23.3 Å². The minimum absolute atomic E-state index is 0.173. The van der Waals surface area contributed by atoms with Gasteiger partial charge in [0.2, 0.25) is 0 Å². The second kappa shape index (κ2) is 7.55. The third-order valence-corrected chi connectivity index (χ3v) is 4.19. The van der Waals surface area contributed by atoms with E-state index in [-0.39, 0.29) is 5.69 Å². The molecule has 0 radical (unpaired) electrons. The van der Waals surface area contributed by atoms with E-state index in [2.05, 4.69) is 5.10 Å². The predicted octanol–water partition coefficient (Wildman–Crippen LogP) is 4.71. The van der Waals surface area contributed by atoms with Crippen LogP contribution in [0.25, 0.3) is 6.08 Å². The van der Waals surface area contributed by atoms with Crippen LogP contribution in [0.4, 0.5) is 18.9 Å². The van der Waals surface area contributed by atoms with Gasteiger partial charge in [-0.1, -0.05) is 17.7 Å². The Morgan fingerprint density at radius 1 is 1.04 bits per heavy atom. The van der Waals surface area contributed by atoms with Gasteiger partial charge in [-0.25, -0.2) is 0 Å². The van der Waals surface area contributed by atoms with Crippen LogP contribution < -0.4 is 14.5 Å². The number of benzene rings is 2. The molecule has 2 aromatic carbocycles. The largest absolute Gasteiger partial charge is 0.493 e. The Morgan fingerprint density at radius 3 is 2.25 bits per heavy atom. The van der Waals surface area contributed by atoms with Crippen LogP contribution in [-0.4, -0.2) is 32.0 Å². The molecule has 0 saturated heterocycles. The first-order valence-corrected chi connectivity index (χ1v) is 8.32. The summed E-state index contributed by atoms with van der Waals surface area (Å²) >= 11 is 5.79. The first-order valence-electron chi connectivity index (χ1n) is 7.94. The van der Waals surface area contributed by atoms with Crippen molar-refractivity contribution in [2.75, 3.05) is 19.2 Å². The van der Waals surface area contributed by atoms with Crippen molar-refractivity contribution < 1.29 is 27.4 Å². The van der Waals surface area contributed by atoms with Crippen LogP contribution in [0.15, 0.2) is 53.1 Å². The monoisotopic (exact) mass is 410 g/mol. The van der Waals surface area contributed by atoms with Gasteiger partial charge in [0.05, 0.1) is 25.5 Å². The standard InChI is InChI=1S/C19H14ClF3N2O3/c1-27-15-8-3-11(10-16(15)28-2)9-14-17(19(21,22)23)24-25(18(14)26)13-6-4-12(20)5-7-13/h3-10H,1-2H3/b14-9-. The molecule has 0 aliphatic carbocycles. The summed E-state index contributed by atoms with van der Waals surface area (Å²) in [5.74, 6) is -0.165. The van der Waals surface area contributed by atoms with E-state index in [1.807, 2.05) is 0 Å². The van der Waals surface area contributed by atoms with Crippen molar-refractivity contribution >= 4 is 35.0 Å². The van der Waals surface area contributed by atoms with E-state index >= 15 is 0 Å². The van der Waals surface area contributed by atoms with E-state index in [9.17, 15) is 18.0 Å². The highest BCUT2D eigenvalue weighted by molar-refractivity contribution is 6.34. The van der Waals surface area contributed by atoms with Crippen molar-refractivity contribution in [3.63, 3.8) is 0 Å². The Kier molecular flexibility index (Phi) is 5.33. The lowest BCUT2D eigenvalue weighted by molar-refractivity contribution is -0.114. The van der Waals surface area contributed by atoms with E-state index in [1.54, 1.807) is 0 Å². The van der Waals surface area contributed by atoms with Gasteiger partial charge in [-0.05, 0) is 48.0 Å². The van der Waals surface area contributed by atoms with Crippen LogP contribution in [-0.2, 0) is 4.79 Å². The van der Waals surface area contributed by atoms with E-state index in [0.717, 1.165) is 6.08 Å². The molecule has 5 nitrogen and oxygen atoms in total. The average Bonchev–Trinajstić information content (AvgIpc) is 2.99. The summed E-state index contributed by atoms with van der Waals surface area (Å²) in [6.45, 7) is 0. The normalized spacial score (nSPS) is 15.8. The molecule has 9 heteroatoms. The number of amides is 1. The maximum absolute atomic E-state index is 13.5. The number of ether oxygens (including phenoxy) is 2. The fourth-order valence-corrected chi connectivity index (χ4v) is 2.75. The molecule has 3 rings (SSSR count). The molecule has 0 spiro atoms. The Balaban J connectivity index is 2.06. The number of methoxy groups -OCH3 is 2. The zero-order chi connectivity index (χ0) is 20.5. The van der Waals surface area contributed by atoms with Crippen LogP contribution in [0.2, 0.25) is 5.02 Å². The van der Waals surface area contributed by atoms with Gasteiger partial charge >= 0.3 is 6.18 Å². The maximum Gasteiger partial charge on any atom is 0.435 e. The lowest BCUT2D eigenvalue weighted by atomic mass is 10.1. The molecule has 1 amide bonds. The number of alkyl halides is 3. The molecular weight excluding hydrogens is 397 g/mol. The highest BCUT2D eigenvalue weighted by Gasteiger charge is 2.46. The summed E-state index contributed by atoms with van der Waals surface area (Å²) in [7, 11) is 2.84. The predicted molar refractivity (Wildman–Crippen MR) is 100.0 cm³/mol. The van der Waals surface area contributed by atoms with Crippen molar-refractivity contribution in [2.45, 2.75) is 6.18 Å². The summed E-state index contributed by atoms with van der Waals surface area (Å²) in [6, 6.07) is 10.3. The van der Waals surface area contributed by atoms with E-state index in [4.69, 9.17) is 21.1 Å². The summed E-state index contributed by atoms with van der Waals surface area (Å²) in [5, 5.41) is 4.59. The van der Waals surface area contributed by atoms with Gasteiger partial charge in [0.1, 0.15) is 0 Å². The minimum atomic E-state index is -4.81. The van der Waals surface area contributed by atoms with E-state index < -0.39 is 23.4 Å². The lowest BCUT2D eigenvalue weighted by Crippen LogP contribution is -2.25. The highest BCUT2D eigenvalue weighted by atomic mass is 35.5. The topological polar surface area (TPSA) is 51.1 Å². The molecule has 1 aliphatic rings. The molecule has 0 bridgehead atoms. The van der Waals surface area contributed by atoms with Gasteiger partial charge in [-0.3, -0.25) is 4.79 Å². The summed E-state index contributed by atoms with van der Waals surface area (Å²) in [5.41, 5.74) is -1.35. The molecule has 0 atom stereocenters. The van der Waals surface area contributed by atoms with Gasteiger partial charge in [0.15, 0.2) is 17.2 Å². The number of rotatable bonds is 4. The molecule has 1 heterocycles. The molecule has 0 fully saturated rings. The second-order valence-electron chi connectivity index (χ2n) is 5.71. The third-order valence-electron chi connectivity index (χ3n) is 3.94. The molecule has 1 aliphatic heterocycles. The summed E-state index contributed by atoms with van der Waals surface area (Å²) in [6.07, 6.45) is -3.69. The lowest BCUT2D eigenvalue weighted by Gasteiger charge is -2.11. The molecule has 0 aromatic heterocycles. The molecule has 0 N–H and O–H groups in total. The highest BCUT2D eigenvalue weighted by Crippen LogP contribution is 2.34. The van der Waals surface area contributed by atoms with Crippen molar-refractivity contribution in [3.8, 4) is 11.5 Å². The zero-order valence-electron chi connectivity index (χ0n) is 14.7. The number of hydrogen-bond donors (Lipinski definition) is 0. The molecule has 0 unspecified atom stereocenters. The number of nitrogens with zero attached hydrogens (tertiary/aromatic N) is 2. The Bertz CT molecular complexity index is 969. The maximum atomic E-state index is 13.5. The van der Waals surface area contributed by atoms with Crippen LogP contribution in [0, 0.1) is 0 Å². The fourth-order valence-electron chi connectivity index (χ4n) is 2.62. The Labute approximate surface area is 163 Å². The Hall–Kier alpha value is -3.00.